The van der Waals surface area contributed by atoms with Crippen LogP contribution >= 0.6 is 0 Å². The number of hydrogen-bond acceptors (Lipinski definition) is 2. The highest BCUT2D eigenvalue weighted by atomic mass is 19.1. The summed E-state index contributed by atoms with van der Waals surface area (Å²) >= 11 is 0. The normalized spacial score (nSPS) is 9.18. The van der Waals surface area contributed by atoms with Crippen molar-refractivity contribution in [2.75, 3.05) is 0 Å². The topological polar surface area (TPSA) is 42.0 Å². The van der Waals surface area contributed by atoms with Gasteiger partial charge in [0.05, 0.1) is 0 Å². The van der Waals surface area contributed by atoms with Crippen LogP contribution in [0.25, 0.3) is 0 Å². The van der Waals surface area contributed by atoms with Crippen molar-refractivity contribution >= 4 is 6.41 Å². The molecule has 0 bridgehead atoms. The number of pyridine rings is 1. The predicted octanol–water partition coefficient (Wildman–Crippen LogP) is 0.467. The second-order valence-corrected chi connectivity index (χ2v) is 1.99. The van der Waals surface area contributed by atoms with E-state index in [0.29, 0.717) is 18.5 Å². The Morgan fingerprint density at radius 2 is 2.55 bits per heavy atom. The maximum Gasteiger partial charge on any atom is 0.213 e. The molecule has 1 N–H and O–H groups in total. The molecule has 0 aliphatic heterocycles. The summed E-state index contributed by atoms with van der Waals surface area (Å²) in [5, 5.41) is 2.42. The molecule has 0 spiro atoms. The Labute approximate surface area is 63.3 Å². The molecule has 4 heteroatoms. The van der Waals surface area contributed by atoms with Gasteiger partial charge < -0.3 is 5.32 Å². The molecule has 0 fully saturated rings. The van der Waals surface area contributed by atoms with Gasteiger partial charge >= 0.3 is 0 Å². The summed E-state index contributed by atoms with van der Waals surface area (Å²) in [6.45, 7) is 0.336. The number of halogens is 1. The van der Waals surface area contributed by atoms with Gasteiger partial charge in [-0.1, -0.05) is 0 Å². The molecule has 1 aromatic heterocycles. The van der Waals surface area contributed by atoms with E-state index in [2.05, 4.69) is 10.3 Å². The number of amides is 1. The lowest BCUT2D eigenvalue weighted by Crippen LogP contribution is -2.09. The molecule has 0 aliphatic carbocycles. The zero-order valence-electron chi connectivity index (χ0n) is 5.75. The van der Waals surface area contributed by atoms with Crippen LogP contribution in [-0.2, 0) is 11.3 Å². The quantitative estimate of drug-likeness (QED) is 0.507. The van der Waals surface area contributed by atoms with E-state index in [4.69, 9.17) is 0 Å². The Balaban J connectivity index is 2.63. The maximum absolute atomic E-state index is 12.4. The summed E-state index contributed by atoms with van der Waals surface area (Å²) in [5.41, 5.74) is 0.699. The van der Waals surface area contributed by atoms with Crippen molar-refractivity contribution in [3.8, 4) is 0 Å². The van der Waals surface area contributed by atoms with E-state index >= 15 is 0 Å². The minimum Gasteiger partial charge on any atom is -0.355 e. The minimum absolute atomic E-state index is 0.336. The molecule has 3 nitrogen and oxygen atoms in total. The molecule has 1 heterocycles. The zero-order chi connectivity index (χ0) is 8.10. The van der Waals surface area contributed by atoms with Crippen molar-refractivity contribution in [2.45, 2.75) is 6.54 Å². The smallest absolute Gasteiger partial charge is 0.213 e. The lowest BCUT2D eigenvalue weighted by atomic mass is 10.3. The standard InChI is InChI=1S/C7H7FN2O/c8-7-3-6(1-2-10-7)4-9-5-11/h1-3,5H,4H2,(H,9,11). The monoisotopic (exact) mass is 154 g/mol. The van der Waals surface area contributed by atoms with Gasteiger partial charge in [-0.25, -0.2) is 4.98 Å². The second kappa shape index (κ2) is 3.65. The van der Waals surface area contributed by atoms with E-state index in [9.17, 15) is 9.18 Å². The van der Waals surface area contributed by atoms with E-state index in [1.165, 1.54) is 12.3 Å². The van der Waals surface area contributed by atoms with Crippen LogP contribution in [0.3, 0.4) is 0 Å². The van der Waals surface area contributed by atoms with E-state index in [1.807, 2.05) is 0 Å². The van der Waals surface area contributed by atoms with E-state index < -0.39 is 5.95 Å². The number of nitrogens with zero attached hydrogens (tertiary/aromatic N) is 1. The molecule has 1 amide bonds. The fourth-order valence-electron chi connectivity index (χ4n) is 0.712. The van der Waals surface area contributed by atoms with Gasteiger partial charge in [0, 0.05) is 12.7 Å². The molecule has 0 aliphatic rings. The van der Waals surface area contributed by atoms with Crippen LogP contribution in [0.5, 0.6) is 0 Å². The van der Waals surface area contributed by atoms with Crippen LogP contribution in [-0.4, -0.2) is 11.4 Å². The highest BCUT2D eigenvalue weighted by molar-refractivity contribution is 5.46. The fourth-order valence-corrected chi connectivity index (χ4v) is 0.712. The number of hydrogen-bond donors (Lipinski definition) is 1. The lowest BCUT2D eigenvalue weighted by Gasteiger charge is -1.97. The van der Waals surface area contributed by atoms with Crippen molar-refractivity contribution in [1.82, 2.24) is 10.3 Å². The first kappa shape index (κ1) is 7.65. The van der Waals surface area contributed by atoms with Gasteiger partial charge in [-0.2, -0.15) is 4.39 Å². The van der Waals surface area contributed by atoms with Gasteiger partial charge in [-0.15, -0.1) is 0 Å². The van der Waals surface area contributed by atoms with Gasteiger partial charge in [0.2, 0.25) is 12.4 Å². The van der Waals surface area contributed by atoms with Crippen LogP contribution < -0.4 is 5.32 Å². The molecule has 58 valence electrons. The number of carbonyl (C=O) groups excluding carboxylic acids is 1. The Hall–Kier alpha value is -1.45. The highest BCUT2D eigenvalue weighted by Crippen LogP contribution is 1.98. The number of nitrogens with one attached hydrogen (secondary N) is 1. The summed E-state index contributed by atoms with van der Waals surface area (Å²) in [7, 11) is 0. The molecular formula is C7H7FN2O. The Morgan fingerprint density at radius 3 is 3.18 bits per heavy atom. The molecular weight excluding hydrogens is 147 g/mol. The largest absolute Gasteiger partial charge is 0.355 e. The summed E-state index contributed by atoms with van der Waals surface area (Å²) in [6, 6.07) is 2.91. The van der Waals surface area contributed by atoms with Crippen molar-refractivity contribution in [2.24, 2.45) is 0 Å². The van der Waals surface area contributed by atoms with Crippen molar-refractivity contribution in [1.29, 1.82) is 0 Å². The molecule has 0 atom stereocenters. The fraction of sp³-hybridized carbons (Fsp3) is 0.143. The number of carbonyl (C=O) groups is 1. The summed E-state index contributed by atoms with van der Waals surface area (Å²) < 4.78 is 12.4. The number of aromatic nitrogens is 1. The summed E-state index contributed by atoms with van der Waals surface area (Å²) in [5.74, 6) is -0.532. The van der Waals surface area contributed by atoms with Crippen molar-refractivity contribution < 1.29 is 9.18 Å². The Kier molecular flexibility index (Phi) is 2.54. The summed E-state index contributed by atoms with van der Waals surface area (Å²) in [6.07, 6.45) is 1.93. The molecule has 0 unspecified atom stereocenters. The molecule has 0 saturated carbocycles. The average molecular weight is 154 g/mol. The van der Waals surface area contributed by atoms with Gasteiger partial charge in [-0.05, 0) is 17.7 Å². The SMILES string of the molecule is O=CNCc1ccnc(F)c1. The van der Waals surface area contributed by atoms with Gasteiger partial charge in [0.15, 0.2) is 0 Å². The van der Waals surface area contributed by atoms with Crippen molar-refractivity contribution in [3.05, 3.63) is 29.8 Å². The van der Waals surface area contributed by atoms with Gasteiger partial charge in [-0.3, -0.25) is 4.79 Å². The minimum atomic E-state index is -0.532. The van der Waals surface area contributed by atoms with Crippen LogP contribution in [0.2, 0.25) is 0 Å². The third-order valence-corrected chi connectivity index (χ3v) is 1.18. The molecule has 0 saturated heterocycles. The Bertz CT molecular complexity index is 252. The zero-order valence-corrected chi connectivity index (χ0v) is 5.75. The molecule has 1 rings (SSSR count). The van der Waals surface area contributed by atoms with E-state index in [1.54, 1.807) is 6.07 Å². The maximum atomic E-state index is 12.4. The second-order valence-electron chi connectivity index (χ2n) is 1.99. The molecule has 1 aromatic rings. The lowest BCUT2D eigenvalue weighted by molar-refractivity contribution is -0.109. The van der Waals surface area contributed by atoms with Crippen LogP contribution in [0, 0.1) is 5.95 Å². The molecule has 0 aromatic carbocycles. The average Bonchev–Trinajstić information content (AvgIpc) is 2.01. The van der Waals surface area contributed by atoms with Gasteiger partial charge in [0.1, 0.15) is 0 Å². The van der Waals surface area contributed by atoms with E-state index in [0.717, 1.165) is 0 Å². The predicted molar refractivity (Wildman–Crippen MR) is 37.1 cm³/mol. The van der Waals surface area contributed by atoms with E-state index in [-0.39, 0.29) is 0 Å². The van der Waals surface area contributed by atoms with Crippen LogP contribution in [0.1, 0.15) is 5.56 Å². The first-order valence-electron chi connectivity index (χ1n) is 3.10. The highest BCUT2D eigenvalue weighted by Gasteiger charge is 1.93. The summed E-state index contributed by atoms with van der Waals surface area (Å²) in [4.78, 5) is 13.2. The van der Waals surface area contributed by atoms with Crippen LogP contribution in [0.15, 0.2) is 18.3 Å². The first-order chi connectivity index (χ1) is 5.33. The third kappa shape index (κ3) is 2.33. The van der Waals surface area contributed by atoms with Crippen LogP contribution in [0.4, 0.5) is 4.39 Å². The number of rotatable bonds is 3. The Morgan fingerprint density at radius 1 is 1.73 bits per heavy atom. The third-order valence-electron chi connectivity index (χ3n) is 1.18. The molecule has 0 radical (unpaired) electrons. The first-order valence-corrected chi connectivity index (χ1v) is 3.10. The molecule has 11 heavy (non-hydrogen) atoms. The van der Waals surface area contributed by atoms with Crippen molar-refractivity contribution in [3.63, 3.8) is 0 Å². The van der Waals surface area contributed by atoms with Gasteiger partial charge in [0.25, 0.3) is 0 Å².